The molecular weight excluding hydrogens is 276 g/mol. The van der Waals surface area contributed by atoms with Gasteiger partial charge in [-0.15, -0.1) is 11.8 Å². The summed E-state index contributed by atoms with van der Waals surface area (Å²) < 4.78 is 5.03. The Kier molecular flexibility index (Phi) is 5.00. The first-order chi connectivity index (χ1) is 9.61. The third kappa shape index (κ3) is 3.96. The van der Waals surface area contributed by atoms with Gasteiger partial charge < -0.3 is 10.1 Å². The van der Waals surface area contributed by atoms with Crippen molar-refractivity contribution in [3.8, 4) is 0 Å². The number of carbonyl (C=O) groups is 2. The molecule has 1 atom stereocenters. The number of esters is 1. The number of carbonyl (C=O) groups excluding carboxylic acids is 2. The van der Waals surface area contributed by atoms with Crippen molar-refractivity contribution >= 4 is 23.6 Å². The molecule has 0 unspecified atom stereocenters. The lowest BCUT2D eigenvalue weighted by Gasteiger charge is -2.13. The number of hydrogen-bond acceptors (Lipinski definition) is 5. The van der Waals surface area contributed by atoms with Gasteiger partial charge in [0, 0.05) is 12.2 Å². The SMILES string of the molecule is CSc1ncccc1C(=O)OCC(=O)N[C@@H](C)C1CC1. The molecule has 1 aliphatic carbocycles. The van der Waals surface area contributed by atoms with E-state index in [2.05, 4.69) is 10.3 Å². The fourth-order valence-corrected chi connectivity index (χ4v) is 2.46. The largest absolute Gasteiger partial charge is 0.452 e. The molecule has 1 saturated carbocycles. The van der Waals surface area contributed by atoms with Crippen LogP contribution in [-0.4, -0.2) is 35.8 Å². The van der Waals surface area contributed by atoms with Gasteiger partial charge in [-0.3, -0.25) is 4.79 Å². The van der Waals surface area contributed by atoms with Crippen molar-refractivity contribution in [2.24, 2.45) is 5.92 Å². The number of pyridine rings is 1. The summed E-state index contributed by atoms with van der Waals surface area (Å²) in [6.07, 6.45) is 5.78. The van der Waals surface area contributed by atoms with Gasteiger partial charge in [-0.1, -0.05) is 0 Å². The van der Waals surface area contributed by atoms with Crippen LogP contribution in [-0.2, 0) is 9.53 Å². The van der Waals surface area contributed by atoms with Gasteiger partial charge in [0.1, 0.15) is 5.03 Å². The Balaban J connectivity index is 1.83. The first-order valence-electron chi connectivity index (χ1n) is 6.57. The van der Waals surface area contributed by atoms with Gasteiger partial charge in [-0.05, 0) is 44.1 Å². The molecule has 108 valence electrons. The highest BCUT2D eigenvalue weighted by atomic mass is 32.2. The topological polar surface area (TPSA) is 68.3 Å². The van der Waals surface area contributed by atoms with Crippen LogP contribution in [0, 0.1) is 5.92 Å². The standard InChI is InChI=1S/C14H18N2O3S/c1-9(10-5-6-10)16-12(17)8-19-14(18)11-4-3-7-15-13(11)20-2/h3-4,7,9-10H,5-6,8H2,1-2H3,(H,16,17)/t9-/m0/s1. The van der Waals surface area contributed by atoms with Crippen molar-refractivity contribution in [3.63, 3.8) is 0 Å². The van der Waals surface area contributed by atoms with Gasteiger partial charge in [-0.2, -0.15) is 0 Å². The number of amides is 1. The predicted octanol–water partition coefficient (Wildman–Crippen LogP) is 1.88. The maximum absolute atomic E-state index is 11.9. The van der Waals surface area contributed by atoms with Crippen LogP contribution in [0.1, 0.15) is 30.1 Å². The lowest BCUT2D eigenvalue weighted by atomic mass is 10.2. The van der Waals surface area contributed by atoms with Gasteiger partial charge >= 0.3 is 5.97 Å². The van der Waals surface area contributed by atoms with E-state index in [4.69, 9.17) is 4.74 Å². The third-order valence-corrected chi connectivity index (χ3v) is 3.95. The molecule has 0 bridgehead atoms. The maximum atomic E-state index is 11.9. The molecule has 0 aromatic carbocycles. The van der Waals surface area contributed by atoms with Gasteiger partial charge in [0.2, 0.25) is 0 Å². The lowest BCUT2D eigenvalue weighted by Crippen LogP contribution is -2.37. The molecule has 1 aliphatic rings. The molecule has 1 N–H and O–H groups in total. The van der Waals surface area contributed by atoms with Crippen molar-refractivity contribution in [2.75, 3.05) is 12.9 Å². The molecule has 1 heterocycles. The van der Waals surface area contributed by atoms with E-state index in [0.29, 0.717) is 16.5 Å². The van der Waals surface area contributed by atoms with Crippen LogP contribution < -0.4 is 5.32 Å². The molecule has 1 amide bonds. The second-order valence-corrected chi connectivity index (χ2v) is 5.62. The quantitative estimate of drug-likeness (QED) is 0.641. The van der Waals surface area contributed by atoms with Crippen molar-refractivity contribution in [2.45, 2.75) is 30.8 Å². The van der Waals surface area contributed by atoms with Crippen LogP contribution >= 0.6 is 11.8 Å². The molecular formula is C14H18N2O3S. The van der Waals surface area contributed by atoms with Crippen LogP contribution in [0.5, 0.6) is 0 Å². The molecule has 5 nitrogen and oxygen atoms in total. The van der Waals surface area contributed by atoms with E-state index in [-0.39, 0.29) is 18.6 Å². The second kappa shape index (κ2) is 6.74. The summed E-state index contributed by atoms with van der Waals surface area (Å²) in [6, 6.07) is 3.47. The van der Waals surface area contributed by atoms with Crippen molar-refractivity contribution in [3.05, 3.63) is 23.9 Å². The molecule has 1 aromatic heterocycles. The van der Waals surface area contributed by atoms with Crippen molar-refractivity contribution in [1.82, 2.24) is 10.3 Å². The average molecular weight is 294 g/mol. The van der Waals surface area contributed by atoms with Gasteiger partial charge in [-0.25, -0.2) is 9.78 Å². The van der Waals surface area contributed by atoms with E-state index in [1.165, 1.54) is 11.8 Å². The van der Waals surface area contributed by atoms with Crippen LogP contribution in [0.2, 0.25) is 0 Å². The monoisotopic (exact) mass is 294 g/mol. The van der Waals surface area contributed by atoms with E-state index >= 15 is 0 Å². The normalized spacial score (nSPS) is 15.5. The van der Waals surface area contributed by atoms with E-state index in [0.717, 1.165) is 12.8 Å². The predicted molar refractivity (Wildman–Crippen MR) is 76.6 cm³/mol. The third-order valence-electron chi connectivity index (χ3n) is 3.24. The highest BCUT2D eigenvalue weighted by Gasteiger charge is 2.29. The number of nitrogens with zero attached hydrogens (tertiary/aromatic N) is 1. The van der Waals surface area contributed by atoms with Crippen molar-refractivity contribution < 1.29 is 14.3 Å². The molecule has 0 spiro atoms. The zero-order valence-corrected chi connectivity index (χ0v) is 12.4. The Hall–Kier alpha value is -1.56. The van der Waals surface area contributed by atoms with E-state index in [1.807, 2.05) is 13.2 Å². The van der Waals surface area contributed by atoms with Gasteiger partial charge in [0.15, 0.2) is 6.61 Å². The highest BCUT2D eigenvalue weighted by molar-refractivity contribution is 7.98. The van der Waals surface area contributed by atoms with Crippen LogP contribution in [0.25, 0.3) is 0 Å². The number of nitrogens with one attached hydrogen (secondary N) is 1. The molecule has 0 radical (unpaired) electrons. The summed E-state index contributed by atoms with van der Waals surface area (Å²) in [5.41, 5.74) is 0.392. The van der Waals surface area contributed by atoms with Crippen LogP contribution in [0.3, 0.4) is 0 Å². The first-order valence-corrected chi connectivity index (χ1v) is 7.79. The molecule has 1 fully saturated rings. The smallest absolute Gasteiger partial charge is 0.341 e. The molecule has 1 aromatic rings. The molecule has 6 heteroatoms. The number of ether oxygens (including phenoxy) is 1. The van der Waals surface area contributed by atoms with E-state index in [9.17, 15) is 9.59 Å². The summed E-state index contributed by atoms with van der Waals surface area (Å²) in [5, 5.41) is 3.44. The second-order valence-electron chi connectivity index (χ2n) is 4.83. The van der Waals surface area contributed by atoms with Crippen molar-refractivity contribution in [1.29, 1.82) is 0 Å². The molecule has 0 saturated heterocycles. The Morgan fingerprint density at radius 1 is 1.55 bits per heavy atom. The van der Waals surface area contributed by atoms with Crippen LogP contribution in [0.4, 0.5) is 0 Å². The minimum absolute atomic E-state index is 0.154. The Morgan fingerprint density at radius 3 is 2.95 bits per heavy atom. The molecule has 0 aliphatic heterocycles. The maximum Gasteiger partial charge on any atom is 0.341 e. The Bertz CT molecular complexity index is 503. The van der Waals surface area contributed by atoms with Gasteiger partial charge in [0.25, 0.3) is 5.91 Å². The molecule has 2 rings (SSSR count). The highest BCUT2D eigenvalue weighted by Crippen LogP contribution is 2.32. The fraction of sp³-hybridized carbons (Fsp3) is 0.500. The summed E-state index contributed by atoms with van der Waals surface area (Å²) in [4.78, 5) is 27.7. The average Bonchev–Trinajstić information content (AvgIpc) is 3.29. The van der Waals surface area contributed by atoms with E-state index in [1.54, 1.807) is 18.3 Å². The zero-order valence-electron chi connectivity index (χ0n) is 11.6. The molecule has 20 heavy (non-hydrogen) atoms. The lowest BCUT2D eigenvalue weighted by molar-refractivity contribution is -0.125. The minimum Gasteiger partial charge on any atom is -0.452 e. The minimum atomic E-state index is -0.517. The number of aromatic nitrogens is 1. The van der Waals surface area contributed by atoms with E-state index < -0.39 is 5.97 Å². The number of hydrogen-bond donors (Lipinski definition) is 1. The van der Waals surface area contributed by atoms with Crippen LogP contribution in [0.15, 0.2) is 23.4 Å². The Labute approximate surface area is 122 Å². The fourth-order valence-electron chi connectivity index (χ4n) is 1.93. The summed E-state index contributed by atoms with van der Waals surface area (Å²) in [7, 11) is 0. The number of rotatable bonds is 6. The van der Waals surface area contributed by atoms with Gasteiger partial charge in [0.05, 0.1) is 5.56 Å². The number of thioether (sulfide) groups is 1. The Morgan fingerprint density at radius 2 is 2.30 bits per heavy atom. The summed E-state index contributed by atoms with van der Waals surface area (Å²) in [5.74, 6) is -0.194. The zero-order chi connectivity index (χ0) is 14.5. The summed E-state index contributed by atoms with van der Waals surface area (Å²) in [6.45, 7) is 1.73. The first kappa shape index (κ1) is 14.8. The summed E-state index contributed by atoms with van der Waals surface area (Å²) >= 11 is 1.37.